The van der Waals surface area contributed by atoms with Crippen molar-refractivity contribution in [3.63, 3.8) is 0 Å². The van der Waals surface area contributed by atoms with E-state index in [9.17, 15) is 10.1 Å². The first-order valence-corrected chi connectivity index (χ1v) is 7.09. The van der Waals surface area contributed by atoms with Crippen LogP contribution in [0.15, 0.2) is 18.2 Å². The zero-order chi connectivity index (χ0) is 14.4. The monoisotopic (exact) mass is 279 g/mol. The van der Waals surface area contributed by atoms with E-state index in [-0.39, 0.29) is 16.7 Å². The number of nitro benzene ring substituents is 1. The van der Waals surface area contributed by atoms with Gasteiger partial charge in [0.15, 0.2) is 5.75 Å². The van der Waals surface area contributed by atoms with Crippen LogP contribution in [0, 0.1) is 10.1 Å². The van der Waals surface area contributed by atoms with E-state index in [0.717, 1.165) is 32.4 Å². The average molecular weight is 279 g/mol. The fourth-order valence-electron chi connectivity index (χ4n) is 2.34. The Hall–Kier alpha value is -1.82. The third-order valence-electron chi connectivity index (χ3n) is 3.34. The van der Waals surface area contributed by atoms with Gasteiger partial charge in [-0.05, 0) is 44.5 Å². The lowest BCUT2D eigenvalue weighted by Gasteiger charge is -2.24. The minimum atomic E-state index is -0.367. The molecule has 2 rings (SSSR count). The number of nitro groups is 1. The van der Waals surface area contributed by atoms with Crippen molar-refractivity contribution in [2.75, 3.05) is 25.0 Å². The van der Waals surface area contributed by atoms with Crippen molar-refractivity contribution in [2.45, 2.75) is 32.2 Å². The molecule has 0 saturated carbocycles. The minimum Gasteiger partial charge on any atom is -0.487 e. The molecule has 1 aliphatic heterocycles. The zero-order valence-corrected chi connectivity index (χ0v) is 11.7. The topological polar surface area (TPSA) is 76.4 Å². The summed E-state index contributed by atoms with van der Waals surface area (Å²) in [5.41, 5.74) is 0.593. The largest absolute Gasteiger partial charge is 0.487 e. The highest BCUT2D eigenvalue weighted by Gasteiger charge is 2.23. The van der Waals surface area contributed by atoms with Gasteiger partial charge in [0.1, 0.15) is 5.69 Å². The summed E-state index contributed by atoms with van der Waals surface area (Å²) in [7, 11) is 0. The molecule has 6 heteroatoms. The highest BCUT2D eigenvalue weighted by Crippen LogP contribution is 2.35. The lowest BCUT2D eigenvalue weighted by atomic mass is 10.1. The number of benzene rings is 1. The standard InChI is InChI=1S/C14H21N3O3/c1-2-10-20-13-5-3-4-12(14(13)17(18)19)16-11-6-8-15-9-7-11/h3-5,11,15-16H,2,6-10H2,1H3. The molecule has 0 amide bonds. The zero-order valence-electron chi connectivity index (χ0n) is 11.7. The van der Waals surface area contributed by atoms with Gasteiger partial charge in [0, 0.05) is 6.04 Å². The fraction of sp³-hybridized carbons (Fsp3) is 0.571. The second-order valence-corrected chi connectivity index (χ2v) is 4.93. The molecular weight excluding hydrogens is 258 g/mol. The summed E-state index contributed by atoms with van der Waals surface area (Å²) in [5.74, 6) is 0.343. The van der Waals surface area contributed by atoms with E-state index in [1.165, 1.54) is 0 Å². The molecule has 1 saturated heterocycles. The van der Waals surface area contributed by atoms with E-state index in [4.69, 9.17) is 4.74 Å². The van der Waals surface area contributed by atoms with E-state index >= 15 is 0 Å². The highest BCUT2D eigenvalue weighted by molar-refractivity contribution is 5.68. The van der Waals surface area contributed by atoms with Crippen molar-refractivity contribution in [3.8, 4) is 5.75 Å². The van der Waals surface area contributed by atoms with Crippen LogP contribution in [-0.2, 0) is 0 Å². The van der Waals surface area contributed by atoms with Crippen LogP contribution in [0.2, 0.25) is 0 Å². The molecule has 1 fully saturated rings. The number of para-hydroxylation sites is 1. The van der Waals surface area contributed by atoms with Crippen molar-refractivity contribution in [3.05, 3.63) is 28.3 Å². The predicted molar refractivity (Wildman–Crippen MR) is 78.4 cm³/mol. The Labute approximate surface area is 118 Å². The van der Waals surface area contributed by atoms with Gasteiger partial charge in [0.25, 0.3) is 0 Å². The summed E-state index contributed by atoms with van der Waals surface area (Å²) < 4.78 is 5.48. The Morgan fingerprint density at radius 2 is 2.20 bits per heavy atom. The van der Waals surface area contributed by atoms with Crippen LogP contribution >= 0.6 is 0 Å². The number of anilines is 1. The van der Waals surface area contributed by atoms with Gasteiger partial charge in [-0.1, -0.05) is 13.0 Å². The highest BCUT2D eigenvalue weighted by atomic mass is 16.6. The Bertz CT molecular complexity index is 459. The van der Waals surface area contributed by atoms with Crippen LogP contribution < -0.4 is 15.4 Å². The van der Waals surface area contributed by atoms with Crippen molar-refractivity contribution < 1.29 is 9.66 Å². The molecule has 2 N–H and O–H groups in total. The molecule has 1 aromatic carbocycles. The van der Waals surface area contributed by atoms with E-state index < -0.39 is 0 Å². The molecule has 0 aromatic heterocycles. The molecule has 0 unspecified atom stereocenters. The molecule has 1 heterocycles. The maximum atomic E-state index is 11.3. The Kier molecular flexibility index (Phi) is 5.17. The van der Waals surface area contributed by atoms with Gasteiger partial charge >= 0.3 is 5.69 Å². The van der Waals surface area contributed by atoms with E-state index in [1.54, 1.807) is 18.2 Å². The third-order valence-corrected chi connectivity index (χ3v) is 3.34. The number of hydrogen-bond donors (Lipinski definition) is 2. The van der Waals surface area contributed by atoms with Crippen molar-refractivity contribution in [2.24, 2.45) is 0 Å². The second-order valence-electron chi connectivity index (χ2n) is 4.93. The van der Waals surface area contributed by atoms with E-state index in [2.05, 4.69) is 10.6 Å². The Morgan fingerprint density at radius 3 is 2.85 bits per heavy atom. The summed E-state index contributed by atoms with van der Waals surface area (Å²) in [5, 5.41) is 17.9. The van der Waals surface area contributed by atoms with Crippen LogP contribution in [-0.4, -0.2) is 30.7 Å². The smallest absolute Gasteiger partial charge is 0.333 e. The number of piperidine rings is 1. The molecule has 0 aliphatic carbocycles. The molecule has 110 valence electrons. The van der Waals surface area contributed by atoms with Crippen molar-refractivity contribution in [1.29, 1.82) is 0 Å². The van der Waals surface area contributed by atoms with Crippen molar-refractivity contribution >= 4 is 11.4 Å². The molecule has 6 nitrogen and oxygen atoms in total. The fourth-order valence-corrected chi connectivity index (χ4v) is 2.34. The van der Waals surface area contributed by atoms with E-state index in [0.29, 0.717) is 18.0 Å². The lowest BCUT2D eigenvalue weighted by molar-refractivity contribution is -0.385. The van der Waals surface area contributed by atoms with Crippen LogP contribution in [0.5, 0.6) is 5.75 Å². The summed E-state index contributed by atoms with van der Waals surface area (Å²) in [4.78, 5) is 11.0. The van der Waals surface area contributed by atoms with Gasteiger partial charge in [0.2, 0.25) is 0 Å². The average Bonchev–Trinajstić information content (AvgIpc) is 2.46. The molecular formula is C14H21N3O3. The minimum absolute atomic E-state index is 0.0412. The lowest BCUT2D eigenvalue weighted by Crippen LogP contribution is -2.35. The Morgan fingerprint density at radius 1 is 1.45 bits per heavy atom. The molecule has 20 heavy (non-hydrogen) atoms. The quantitative estimate of drug-likeness (QED) is 0.618. The molecule has 1 aromatic rings. The SMILES string of the molecule is CCCOc1cccc(NC2CCNCC2)c1[N+](=O)[O-]. The number of ether oxygens (including phenoxy) is 1. The number of nitrogens with one attached hydrogen (secondary N) is 2. The summed E-state index contributed by atoms with van der Waals surface area (Å²) in [6.45, 7) is 4.34. The number of hydrogen-bond acceptors (Lipinski definition) is 5. The van der Waals surface area contributed by atoms with Crippen LogP contribution in [0.3, 0.4) is 0 Å². The predicted octanol–water partition coefficient (Wildman–Crippen LogP) is 2.55. The first-order chi connectivity index (χ1) is 9.72. The van der Waals surface area contributed by atoms with Gasteiger partial charge in [0.05, 0.1) is 11.5 Å². The normalized spacial score (nSPS) is 15.8. The number of nitrogens with zero attached hydrogens (tertiary/aromatic N) is 1. The molecule has 0 radical (unpaired) electrons. The molecule has 0 atom stereocenters. The van der Waals surface area contributed by atoms with Crippen LogP contribution in [0.1, 0.15) is 26.2 Å². The molecule has 1 aliphatic rings. The second kappa shape index (κ2) is 7.09. The van der Waals surface area contributed by atoms with Gasteiger partial charge in [-0.15, -0.1) is 0 Å². The van der Waals surface area contributed by atoms with Crippen LogP contribution in [0.25, 0.3) is 0 Å². The third kappa shape index (κ3) is 3.60. The van der Waals surface area contributed by atoms with E-state index in [1.807, 2.05) is 6.92 Å². The first kappa shape index (κ1) is 14.6. The first-order valence-electron chi connectivity index (χ1n) is 7.09. The van der Waals surface area contributed by atoms with Gasteiger partial charge in [-0.3, -0.25) is 10.1 Å². The number of rotatable bonds is 6. The molecule has 0 spiro atoms. The van der Waals surface area contributed by atoms with Gasteiger partial charge in [-0.2, -0.15) is 0 Å². The summed E-state index contributed by atoms with van der Waals surface area (Å²) >= 11 is 0. The maximum absolute atomic E-state index is 11.3. The summed E-state index contributed by atoms with van der Waals surface area (Å²) in [6.07, 6.45) is 2.76. The van der Waals surface area contributed by atoms with Gasteiger partial charge in [-0.25, -0.2) is 0 Å². The van der Waals surface area contributed by atoms with Gasteiger partial charge < -0.3 is 15.4 Å². The van der Waals surface area contributed by atoms with Crippen LogP contribution in [0.4, 0.5) is 11.4 Å². The summed E-state index contributed by atoms with van der Waals surface area (Å²) in [6, 6.07) is 5.47. The maximum Gasteiger partial charge on any atom is 0.333 e. The molecule has 0 bridgehead atoms. The Balaban J connectivity index is 2.19. The van der Waals surface area contributed by atoms with Crippen molar-refractivity contribution in [1.82, 2.24) is 5.32 Å².